The number of rotatable bonds is 11. The Balaban J connectivity index is 1.92. The molecule has 160 valence electrons. The van der Waals surface area contributed by atoms with Gasteiger partial charge in [0.05, 0.1) is 0 Å². The molecule has 0 aromatic rings. The first-order valence-electron chi connectivity index (χ1n) is 11.9. The summed E-state index contributed by atoms with van der Waals surface area (Å²) in [5, 5.41) is 0. The number of nitrogens with zero attached hydrogens (tertiary/aromatic N) is 2. The van der Waals surface area contributed by atoms with Gasteiger partial charge in [-0.3, -0.25) is 4.79 Å². The first-order chi connectivity index (χ1) is 13.5. The van der Waals surface area contributed by atoms with Crippen LogP contribution in [0.5, 0.6) is 0 Å². The van der Waals surface area contributed by atoms with E-state index in [-0.39, 0.29) is 0 Å². The molecule has 2 rings (SSSR count). The van der Waals surface area contributed by atoms with E-state index in [1.165, 1.54) is 45.3 Å². The van der Waals surface area contributed by atoms with Gasteiger partial charge in [0.2, 0.25) is 5.91 Å². The number of carbonyl (C=O) groups is 1. The average Bonchev–Trinajstić information content (AvgIpc) is 2.68. The molecule has 3 nitrogen and oxygen atoms in total. The van der Waals surface area contributed by atoms with Crippen molar-refractivity contribution in [2.24, 2.45) is 17.8 Å². The van der Waals surface area contributed by atoms with E-state index in [1.807, 2.05) is 0 Å². The highest BCUT2D eigenvalue weighted by Crippen LogP contribution is 2.28. The van der Waals surface area contributed by atoms with Crippen molar-refractivity contribution in [3.05, 3.63) is 23.8 Å². The zero-order valence-corrected chi connectivity index (χ0v) is 19.0. The van der Waals surface area contributed by atoms with Crippen molar-refractivity contribution in [2.45, 2.75) is 79.1 Å². The number of allylic oxidation sites excluding steroid dienone is 3. The van der Waals surface area contributed by atoms with E-state index in [9.17, 15) is 4.79 Å². The molecule has 1 atom stereocenters. The molecule has 1 fully saturated rings. The quantitative estimate of drug-likeness (QED) is 0.455. The maximum absolute atomic E-state index is 13.4. The molecule has 0 saturated carbocycles. The summed E-state index contributed by atoms with van der Waals surface area (Å²) in [5.41, 5.74) is 1.06. The molecular weight excluding hydrogens is 344 g/mol. The molecule has 1 saturated heterocycles. The van der Waals surface area contributed by atoms with Gasteiger partial charge in [-0.15, -0.1) is 0 Å². The third-order valence-corrected chi connectivity index (χ3v) is 6.23. The molecule has 3 heteroatoms. The zero-order valence-electron chi connectivity index (χ0n) is 19.0. The van der Waals surface area contributed by atoms with Crippen LogP contribution in [-0.4, -0.2) is 48.4 Å². The first kappa shape index (κ1) is 23.2. The Kier molecular flexibility index (Phi) is 10.3. The summed E-state index contributed by atoms with van der Waals surface area (Å²) in [6, 6.07) is 0. The zero-order chi connectivity index (χ0) is 20.4. The first-order valence-corrected chi connectivity index (χ1v) is 11.9. The van der Waals surface area contributed by atoms with Crippen molar-refractivity contribution in [1.29, 1.82) is 0 Å². The molecule has 1 heterocycles. The molecule has 0 spiro atoms. The smallest absolute Gasteiger partial charge is 0.250 e. The third kappa shape index (κ3) is 8.11. The highest BCUT2D eigenvalue weighted by Gasteiger charge is 2.26. The van der Waals surface area contributed by atoms with E-state index in [4.69, 9.17) is 0 Å². The van der Waals surface area contributed by atoms with E-state index in [2.05, 4.69) is 55.7 Å². The van der Waals surface area contributed by atoms with Gasteiger partial charge in [-0.2, -0.15) is 0 Å². The topological polar surface area (TPSA) is 23.6 Å². The fourth-order valence-corrected chi connectivity index (χ4v) is 4.27. The van der Waals surface area contributed by atoms with Gasteiger partial charge in [0.1, 0.15) is 0 Å². The predicted octanol–water partition coefficient (Wildman–Crippen LogP) is 5.68. The summed E-state index contributed by atoms with van der Waals surface area (Å²) in [7, 11) is 0. The maximum Gasteiger partial charge on any atom is 0.250 e. The van der Waals surface area contributed by atoms with Gasteiger partial charge in [-0.05, 0) is 82.3 Å². The van der Waals surface area contributed by atoms with Crippen LogP contribution in [0.3, 0.4) is 0 Å². The molecule has 1 unspecified atom stereocenters. The van der Waals surface area contributed by atoms with Crippen molar-refractivity contribution >= 4 is 5.91 Å². The minimum Gasteiger partial charge on any atom is -0.339 e. The molecule has 0 radical (unpaired) electrons. The predicted molar refractivity (Wildman–Crippen MR) is 120 cm³/mol. The minimum atomic E-state index is 0.300. The van der Waals surface area contributed by atoms with Crippen LogP contribution < -0.4 is 0 Å². The Morgan fingerprint density at radius 1 is 1.07 bits per heavy atom. The number of carbonyl (C=O) groups excluding carboxylic acids is 1. The van der Waals surface area contributed by atoms with Gasteiger partial charge >= 0.3 is 0 Å². The Morgan fingerprint density at radius 2 is 1.71 bits per heavy atom. The van der Waals surface area contributed by atoms with E-state index in [0.717, 1.165) is 44.3 Å². The number of hydrogen-bond acceptors (Lipinski definition) is 2. The fourth-order valence-electron chi connectivity index (χ4n) is 4.27. The molecule has 28 heavy (non-hydrogen) atoms. The van der Waals surface area contributed by atoms with Crippen LogP contribution in [0, 0.1) is 17.8 Å². The van der Waals surface area contributed by atoms with Gasteiger partial charge in [0.25, 0.3) is 0 Å². The molecular formula is C25H44N2O. The summed E-state index contributed by atoms with van der Waals surface area (Å²) in [6.07, 6.45) is 16.1. The number of likely N-dealkylation sites (tertiary alicyclic amines) is 1. The number of piperidine rings is 1. The average molecular weight is 389 g/mol. The molecule has 1 amide bonds. The normalized spacial score (nSPS) is 20.6. The van der Waals surface area contributed by atoms with Crippen LogP contribution in [0.15, 0.2) is 23.8 Å². The molecule has 0 aromatic heterocycles. The number of hydrogen-bond donors (Lipinski definition) is 0. The van der Waals surface area contributed by atoms with Crippen molar-refractivity contribution in [1.82, 2.24) is 9.80 Å². The Labute approximate surface area is 174 Å². The second kappa shape index (κ2) is 12.5. The van der Waals surface area contributed by atoms with Crippen LogP contribution in [0.25, 0.3) is 0 Å². The fraction of sp³-hybridized carbons (Fsp3) is 0.800. The molecule has 0 aromatic carbocycles. The molecule has 0 N–H and O–H groups in total. The van der Waals surface area contributed by atoms with Crippen LogP contribution in [0.2, 0.25) is 0 Å². The third-order valence-electron chi connectivity index (χ3n) is 6.23. The monoisotopic (exact) mass is 388 g/mol. The lowest BCUT2D eigenvalue weighted by Gasteiger charge is -2.30. The maximum atomic E-state index is 13.4. The lowest BCUT2D eigenvalue weighted by Crippen LogP contribution is -2.37. The van der Waals surface area contributed by atoms with Crippen molar-refractivity contribution in [3.63, 3.8) is 0 Å². The molecule has 2 aliphatic rings. The van der Waals surface area contributed by atoms with Gasteiger partial charge in [-0.25, -0.2) is 0 Å². The van der Waals surface area contributed by atoms with Crippen LogP contribution in [-0.2, 0) is 4.79 Å². The van der Waals surface area contributed by atoms with Gasteiger partial charge < -0.3 is 9.80 Å². The Morgan fingerprint density at radius 3 is 2.32 bits per heavy atom. The summed E-state index contributed by atoms with van der Waals surface area (Å²) in [4.78, 5) is 18.2. The summed E-state index contributed by atoms with van der Waals surface area (Å²) in [5.74, 6) is 1.97. The lowest BCUT2D eigenvalue weighted by atomic mass is 9.86. The molecule has 1 aliphatic heterocycles. The van der Waals surface area contributed by atoms with E-state index in [0.29, 0.717) is 23.7 Å². The lowest BCUT2D eigenvalue weighted by molar-refractivity contribution is -0.128. The van der Waals surface area contributed by atoms with Crippen molar-refractivity contribution in [2.75, 3.05) is 32.7 Å². The number of amides is 1. The highest BCUT2D eigenvalue weighted by atomic mass is 16.2. The van der Waals surface area contributed by atoms with Crippen molar-refractivity contribution < 1.29 is 4.79 Å². The summed E-state index contributed by atoms with van der Waals surface area (Å²) < 4.78 is 0. The van der Waals surface area contributed by atoms with Crippen LogP contribution in [0.1, 0.15) is 79.1 Å². The van der Waals surface area contributed by atoms with Gasteiger partial charge in [0, 0.05) is 18.7 Å². The summed E-state index contributed by atoms with van der Waals surface area (Å²) in [6.45, 7) is 14.5. The molecule has 1 aliphatic carbocycles. The summed E-state index contributed by atoms with van der Waals surface area (Å²) >= 11 is 0. The minimum absolute atomic E-state index is 0.300. The van der Waals surface area contributed by atoms with E-state index < -0.39 is 0 Å². The van der Waals surface area contributed by atoms with E-state index >= 15 is 0 Å². The SMILES string of the molecule is CC(C)CCN(CCC(C)C)C(=O)C1=CC=CCC1CCCN1CCCCC1. The van der Waals surface area contributed by atoms with Gasteiger partial charge in [-0.1, -0.05) is 52.3 Å². The van der Waals surface area contributed by atoms with Crippen LogP contribution in [0.4, 0.5) is 0 Å². The molecule has 0 bridgehead atoms. The Hall–Kier alpha value is -1.09. The van der Waals surface area contributed by atoms with Crippen LogP contribution >= 0.6 is 0 Å². The Bertz CT molecular complexity index is 503. The van der Waals surface area contributed by atoms with Gasteiger partial charge in [0.15, 0.2) is 0 Å². The van der Waals surface area contributed by atoms with E-state index in [1.54, 1.807) is 0 Å². The second-order valence-corrected chi connectivity index (χ2v) is 9.68. The standard InChI is InChI=1S/C25H44N2O/c1-21(2)14-19-27(20-15-22(3)4)25(28)24-13-7-6-11-23(24)12-10-18-26-16-8-5-9-17-26/h6-7,13,21-23H,5,8-12,14-20H2,1-4H3. The highest BCUT2D eigenvalue weighted by molar-refractivity contribution is 5.94. The second-order valence-electron chi connectivity index (χ2n) is 9.68. The van der Waals surface area contributed by atoms with Crippen molar-refractivity contribution in [3.8, 4) is 0 Å². The largest absolute Gasteiger partial charge is 0.339 e.